The molecule has 0 spiro atoms. The highest BCUT2D eigenvalue weighted by atomic mass is 127. The van der Waals surface area contributed by atoms with Crippen LogP contribution in [0.5, 0.6) is 0 Å². The first-order valence-electron chi connectivity index (χ1n) is 3.23. The van der Waals surface area contributed by atoms with E-state index in [-0.39, 0.29) is 0 Å². The van der Waals surface area contributed by atoms with Gasteiger partial charge in [0.25, 0.3) is 0 Å². The third-order valence-corrected chi connectivity index (χ3v) is 2.38. The number of hydrogen-bond acceptors (Lipinski definition) is 5. The van der Waals surface area contributed by atoms with Crippen molar-refractivity contribution >= 4 is 34.7 Å². The molecule has 6 nitrogen and oxygen atoms in total. The topological polar surface area (TPSA) is 105 Å². The molecular weight excluding hydrogens is 271 g/mol. The van der Waals surface area contributed by atoms with Crippen LogP contribution in [0.2, 0.25) is 0 Å². The van der Waals surface area contributed by atoms with E-state index in [1.54, 1.807) is 0 Å². The van der Waals surface area contributed by atoms with Crippen molar-refractivity contribution < 1.29 is 0 Å². The van der Waals surface area contributed by atoms with Gasteiger partial charge in [-0.15, -0.1) is 0 Å². The van der Waals surface area contributed by atoms with Gasteiger partial charge in [-0.1, -0.05) is 0 Å². The zero-order valence-corrected chi connectivity index (χ0v) is 8.16. The van der Waals surface area contributed by atoms with Gasteiger partial charge in [-0.3, -0.25) is 16.6 Å². The van der Waals surface area contributed by atoms with Gasteiger partial charge in [-0.25, -0.2) is 4.99 Å². The van der Waals surface area contributed by atoms with E-state index >= 15 is 0 Å². The van der Waals surface area contributed by atoms with Gasteiger partial charge in [0.05, 0.1) is 11.9 Å². The molecule has 1 aliphatic rings. The van der Waals surface area contributed by atoms with Crippen LogP contribution in [0.15, 0.2) is 4.99 Å². The number of aromatic amines is 1. The van der Waals surface area contributed by atoms with Crippen LogP contribution in [0.4, 0.5) is 5.82 Å². The maximum Gasteiger partial charge on any atom is 0.194 e. The molecule has 0 atom stereocenters. The molecule has 2 rings (SSSR count). The number of aliphatic imine (C=N–C) groups is 1. The lowest BCUT2D eigenvalue weighted by atomic mass is 10.2. The van der Waals surface area contributed by atoms with E-state index < -0.39 is 5.79 Å². The number of rotatable bonds is 0. The Hall–Kier alpha value is -0.670. The van der Waals surface area contributed by atoms with Crippen LogP contribution in [0.25, 0.3) is 0 Å². The Kier molecular flexibility index (Phi) is 1.59. The molecular formula is C5H7IN6. The first-order valence-corrected chi connectivity index (χ1v) is 4.31. The first-order chi connectivity index (χ1) is 5.61. The molecule has 0 aromatic carbocycles. The minimum absolute atomic E-state index is 0.638. The van der Waals surface area contributed by atoms with Gasteiger partial charge in [-0.2, -0.15) is 5.10 Å². The van der Waals surface area contributed by atoms with Crippen LogP contribution >= 0.6 is 22.6 Å². The highest BCUT2D eigenvalue weighted by Crippen LogP contribution is 2.28. The zero-order chi connectivity index (χ0) is 8.77. The molecule has 0 aliphatic carbocycles. The molecule has 0 fully saturated rings. The Balaban J connectivity index is 2.62. The maximum absolute atomic E-state index is 5.71. The van der Waals surface area contributed by atoms with Gasteiger partial charge in [-0.05, 0) is 22.6 Å². The largest absolute Gasteiger partial charge is 0.329 e. The summed E-state index contributed by atoms with van der Waals surface area (Å²) in [5, 5.41) is 9.57. The fraction of sp³-hybridized carbons (Fsp3) is 0.200. The molecule has 1 aliphatic heterocycles. The summed E-state index contributed by atoms with van der Waals surface area (Å²) in [5.74, 6) is -0.524. The second-order valence-electron chi connectivity index (χ2n) is 2.49. The van der Waals surface area contributed by atoms with E-state index in [0.29, 0.717) is 11.4 Å². The predicted molar refractivity (Wildman–Crippen MR) is 53.5 cm³/mol. The van der Waals surface area contributed by atoms with E-state index in [2.05, 4.69) is 43.1 Å². The summed E-state index contributed by atoms with van der Waals surface area (Å²) in [5.41, 5.74) is 12.1. The van der Waals surface area contributed by atoms with Gasteiger partial charge in [0.1, 0.15) is 3.70 Å². The van der Waals surface area contributed by atoms with Crippen molar-refractivity contribution in [2.24, 2.45) is 16.5 Å². The molecule has 1 aromatic rings. The lowest BCUT2D eigenvalue weighted by Crippen LogP contribution is -2.46. The van der Waals surface area contributed by atoms with Crippen LogP contribution in [0.3, 0.4) is 0 Å². The van der Waals surface area contributed by atoms with Crippen LogP contribution in [0.1, 0.15) is 5.56 Å². The molecule has 7 heteroatoms. The molecule has 1 aromatic heterocycles. The second-order valence-corrected chi connectivity index (χ2v) is 3.57. The Morgan fingerprint density at radius 1 is 1.50 bits per heavy atom. The van der Waals surface area contributed by atoms with Gasteiger partial charge in [0, 0.05) is 0 Å². The quantitative estimate of drug-likeness (QED) is 0.379. The number of nitrogens with two attached hydrogens (primary N) is 2. The Morgan fingerprint density at radius 2 is 2.25 bits per heavy atom. The molecule has 0 saturated heterocycles. The number of nitrogens with one attached hydrogen (secondary N) is 2. The summed E-state index contributed by atoms with van der Waals surface area (Å²) in [6.07, 6.45) is 1.44. The fourth-order valence-corrected chi connectivity index (χ4v) is 1.86. The van der Waals surface area contributed by atoms with Crippen LogP contribution in [-0.2, 0) is 5.79 Å². The zero-order valence-electron chi connectivity index (χ0n) is 6.00. The first kappa shape index (κ1) is 7.95. The standard InChI is InChI=1S/C5H7IN6/c6-3-2-4(12-11-3)9-1-10-5(2,7)8/h1H,7-8H2,(H2,9,10,11,12). The number of aromatic nitrogens is 2. The smallest absolute Gasteiger partial charge is 0.194 e. The Morgan fingerprint density at radius 3 is 2.92 bits per heavy atom. The van der Waals surface area contributed by atoms with Crippen LogP contribution < -0.4 is 16.8 Å². The minimum atomic E-state index is -1.16. The number of halogens is 1. The molecule has 6 N–H and O–H groups in total. The van der Waals surface area contributed by atoms with Crippen molar-refractivity contribution in [1.82, 2.24) is 10.2 Å². The number of nitrogens with zero attached hydrogens (tertiary/aromatic N) is 2. The molecule has 0 unspecified atom stereocenters. The minimum Gasteiger partial charge on any atom is -0.329 e. The van der Waals surface area contributed by atoms with E-state index in [1.807, 2.05) is 0 Å². The lowest BCUT2D eigenvalue weighted by molar-refractivity contribution is 0.490. The highest BCUT2D eigenvalue weighted by molar-refractivity contribution is 14.1. The van der Waals surface area contributed by atoms with E-state index in [0.717, 1.165) is 3.70 Å². The normalized spacial score (nSPS) is 18.6. The van der Waals surface area contributed by atoms with Gasteiger partial charge >= 0.3 is 0 Å². The van der Waals surface area contributed by atoms with Crippen LogP contribution in [-0.4, -0.2) is 16.5 Å². The third-order valence-electron chi connectivity index (χ3n) is 1.60. The van der Waals surface area contributed by atoms with E-state index in [9.17, 15) is 0 Å². The van der Waals surface area contributed by atoms with Crippen molar-refractivity contribution in [2.45, 2.75) is 5.79 Å². The second kappa shape index (κ2) is 2.41. The Bertz CT molecular complexity index is 340. The maximum atomic E-state index is 5.71. The summed E-state index contributed by atoms with van der Waals surface area (Å²) >= 11 is 2.07. The monoisotopic (exact) mass is 278 g/mol. The van der Waals surface area contributed by atoms with Gasteiger partial charge in [0.15, 0.2) is 11.6 Å². The average Bonchev–Trinajstić information content (AvgIpc) is 2.32. The summed E-state index contributed by atoms with van der Waals surface area (Å²) in [6, 6.07) is 0. The van der Waals surface area contributed by atoms with Gasteiger partial charge < -0.3 is 5.32 Å². The summed E-state index contributed by atoms with van der Waals surface area (Å²) in [4.78, 5) is 3.89. The fourth-order valence-electron chi connectivity index (χ4n) is 1.06. The van der Waals surface area contributed by atoms with E-state index in [4.69, 9.17) is 11.5 Å². The molecule has 0 saturated carbocycles. The number of hydrogen-bond donors (Lipinski definition) is 4. The van der Waals surface area contributed by atoms with Crippen molar-refractivity contribution in [3.8, 4) is 0 Å². The summed E-state index contributed by atoms with van der Waals surface area (Å²) in [7, 11) is 0. The summed E-state index contributed by atoms with van der Waals surface area (Å²) < 4.78 is 0.803. The number of H-pyrrole nitrogens is 1. The predicted octanol–water partition coefficient (Wildman–Crippen LogP) is -0.504. The lowest BCUT2D eigenvalue weighted by Gasteiger charge is -2.22. The van der Waals surface area contributed by atoms with Crippen LogP contribution in [0, 0.1) is 3.70 Å². The third kappa shape index (κ3) is 1.01. The molecule has 0 bridgehead atoms. The van der Waals surface area contributed by atoms with Crippen molar-refractivity contribution in [2.75, 3.05) is 5.32 Å². The van der Waals surface area contributed by atoms with Crippen molar-refractivity contribution in [1.29, 1.82) is 0 Å². The Labute approximate surface area is 81.9 Å². The van der Waals surface area contributed by atoms with E-state index in [1.165, 1.54) is 6.34 Å². The SMILES string of the molecule is NC1(N)N=CNc2n[nH]c(I)c21. The highest BCUT2D eigenvalue weighted by Gasteiger charge is 2.31. The average molecular weight is 278 g/mol. The van der Waals surface area contributed by atoms with Crippen molar-refractivity contribution in [3.05, 3.63) is 9.26 Å². The number of anilines is 1. The molecule has 2 heterocycles. The molecule has 0 amide bonds. The molecule has 64 valence electrons. The molecule has 12 heavy (non-hydrogen) atoms. The number of fused-ring (bicyclic) bond motifs is 1. The van der Waals surface area contributed by atoms with Crippen molar-refractivity contribution in [3.63, 3.8) is 0 Å². The summed E-state index contributed by atoms with van der Waals surface area (Å²) in [6.45, 7) is 0. The van der Waals surface area contributed by atoms with Gasteiger partial charge in [0.2, 0.25) is 0 Å². The molecule has 0 radical (unpaired) electrons.